The Bertz CT molecular complexity index is 1300. The summed E-state index contributed by atoms with van der Waals surface area (Å²) in [5.74, 6) is 0.584. The Hall–Kier alpha value is -4.00. The quantitative estimate of drug-likeness (QED) is 0.418. The zero-order chi connectivity index (χ0) is 23.2. The van der Waals surface area contributed by atoms with E-state index < -0.39 is 0 Å². The van der Waals surface area contributed by atoms with E-state index in [1.807, 2.05) is 61.5 Å². The number of amides is 1. The smallest absolute Gasteiger partial charge is 0.278 e. The van der Waals surface area contributed by atoms with Crippen LogP contribution in [0.4, 0.5) is 0 Å². The predicted molar refractivity (Wildman–Crippen MR) is 127 cm³/mol. The molecule has 0 spiro atoms. The van der Waals surface area contributed by atoms with Gasteiger partial charge in [-0.3, -0.25) is 9.59 Å². The summed E-state index contributed by atoms with van der Waals surface area (Å²) in [6.45, 7) is 2.24. The monoisotopic (exact) mass is 442 g/mol. The van der Waals surface area contributed by atoms with Gasteiger partial charge in [-0.25, -0.2) is 4.68 Å². The number of nitrogens with zero attached hydrogens (tertiary/aromatic N) is 4. The minimum absolute atomic E-state index is 0.141. The van der Waals surface area contributed by atoms with Crippen molar-refractivity contribution in [1.82, 2.24) is 19.9 Å². The Labute approximate surface area is 192 Å². The van der Waals surface area contributed by atoms with Crippen molar-refractivity contribution in [2.45, 2.75) is 32.5 Å². The number of fused-ring (bicyclic) bond motifs is 1. The number of para-hydroxylation sites is 1. The maximum atomic E-state index is 13.5. The van der Waals surface area contributed by atoms with Crippen LogP contribution in [0, 0.1) is 0 Å². The van der Waals surface area contributed by atoms with Gasteiger partial charge >= 0.3 is 0 Å². The lowest BCUT2D eigenvalue weighted by Gasteiger charge is -2.30. The van der Waals surface area contributed by atoms with Crippen LogP contribution in [0.3, 0.4) is 0 Å². The highest BCUT2D eigenvalue weighted by Crippen LogP contribution is 2.22. The van der Waals surface area contributed by atoms with Crippen molar-refractivity contribution < 1.29 is 9.53 Å². The molecular formula is C26H26N4O3. The first-order valence-electron chi connectivity index (χ1n) is 10.8. The van der Waals surface area contributed by atoms with Gasteiger partial charge in [0.05, 0.1) is 12.5 Å². The number of carbonyl (C=O) groups excluding carboxylic acids is 1. The van der Waals surface area contributed by atoms with E-state index in [9.17, 15) is 9.59 Å². The maximum absolute atomic E-state index is 13.5. The van der Waals surface area contributed by atoms with Gasteiger partial charge in [0.15, 0.2) is 0 Å². The molecule has 1 unspecified atom stereocenters. The fraction of sp³-hybridized carbons (Fsp3) is 0.231. The van der Waals surface area contributed by atoms with E-state index in [1.165, 1.54) is 0 Å². The van der Waals surface area contributed by atoms with Crippen molar-refractivity contribution in [2.24, 2.45) is 0 Å². The van der Waals surface area contributed by atoms with E-state index in [-0.39, 0.29) is 24.1 Å². The number of hydrogen-bond acceptors (Lipinski definition) is 5. The third-order valence-corrected chi connectivity index (χ3v) is 5.67. The minimum Gasteiger partial charge on any atom is -0.496 e. The lowest BCUT2D eigenvalue weighted by molar-refractivity contribution is -0.134. The third-order valence-electron chi connectivity index (χ3n) is 5.67. The first-order chi connectivity index (χ1) is 16.1. The molecule has 7 nitrogen and oxygen atoms in total. The van der Waals surface area contributed by atoms with Crippen molar-refractivity contribution in [3.8, 4) is 5.75 Å². The number of carbonyl (C=O) groups is 1. The number of benzene rings is 3. The molecule has 1 aromatic heterocycles. The Balaban J connectivity index is 1.62. The predicted octanol–water partition coefficient (Wildman–Crippen LogP) is 3.46. The van der Waals surface area contributed by atoms with Gasteiger partial charge in [0.1, 0.15) is 17.8 Å². The molecule has 4 aromatic rings. The van der Waals surface area contributed by atoms with Gasteiger partial charge in [0.25, 0.3) is 5.56 Å². The van der Waals surface area contributed by atoms with E-state index in [0.717, 1.165) is 21.6 Å². The second kappa shape index (κ2) is 10.1. The topological polar surface area (TPSA) is 77.3 Å². The molecule has 1 amide bonds. The first kappa shape index (κ1) is 22.2. The van der Waals surface area contributed by atoms with Gasteiger partial charge in [-0.05, 0) is 42.7 Å². The van der Waals surface area contributed by atoms with Gasteiger partial charge in [-0.2, -0.15) is 0 Å². The van der Waals surface area contributed by atoms with E-state index >= 15 is 0 Å². The molecule has 0 saturated carbocycles. The van der Waals surface area contributed by atoms with Gasteiger partial charge in [0.2, 0.25) is 5.91 Å². The molecular weight excluding hydrogens is 416 g/mol. The van der Waals surface area contributed by atoms with Crippen LogP contribution in [0.15, 0.2) is 83.7 Å². The molecule has 3 aromatic carbocycles. The van der Waals surface area contributed by atoms with Gasteiger partial charge in [-0.1, -0.05) is 65.9 Å². The third kappa shape index (κ3) is 5.09. The molecule has 0 saturated heterocycles. The van der Waals surface area contributed by atoms with Crippen molar-refractivity contribution in [1.29, 1.82) is 0 Å². The normalized spacial score (nSPS) is 11.8. The molecule has 0 aliphatic rings. The molecule has 168 valence electrons. The van der Waals surface area contributed by atoms with Gasteiger partial charge < -0.3 is 9.64 Å². The van der Waals surface area contributed by atoms with Crippen LogP contribution in [0.2, 0.25) is 0 Å². The van der Waals surface area contributed by atoms with Crippen LogP contribution >= 0.6 is 0 Å². The summed E-state index contributed by atoms with van der Waals surface area (Å²) in [6.07, 6.45) is 0.612. The zero-order valence-corrected chi connectivity index (χ0v) is 18.7. The number of methoxy groups -OCH3 is 1. The summed E-state index contributed by atoms with van der Waals surface area (Å²) in [5, 5.41) is 8.53. The highest BCUT2D eigenvalue weighted by Gasteiger charge is 2.23. The molecule has 7 heteroatoms. The number of aromatic nitrogens is 3. The summed E-state index contributed by atoms with van der Waals surface area (Å²) < 4.78 is 6.63. The SMILES string of the molecule is COc1ccccc1CC(C)N(Cc1ccccc1)C(=O)Cn1nnc2ccccc2c1=O. The lowest BCUT2D eigenvalue weighted by atomic mass is 10.0. The summed E-state index contributed by atoms with van der Waals surface area (Å²) in [5.41, 5.74) is 2.21. The Kier molecular flexibility index (Phi) is 6.78. The number of ether oxygens (including phenoxy) is 1. The summed E-state index contributed by atoms with van der Waals surface area (Å²) in [7, 11) is 1.64. The molecule has 0 fully saturated rings. The summed E-state index contributed by atoms with van der Waals surface area (Å²) in [6, 6.07) is 24.4. The zero-order valence-electron chi connectivity index (χ0n) is 18.7. The van der Waals surface area contributed by atoms with Crippen molar-refractivity contribution in [3.63, 3.8) is 0 Å². The van der Waals surface area contributed by atoms with Crippen LogP contribution in [0.25, 0.3) is 10.9 Å². The minimum atomic E-state index is -0.328. The summed E-state index contributed by atoms with van der Waals surface area (Å²) >= 11 is 0. The van der Waals surface area contributed by atoms with Crippen molar-refractivity contribution >= 4 is 16.8 Å². The molecule has 4 rings (SSSR count). The molecule has 0 bridgehead atoms. The molecule has 0 radical (unpaired) electrons. The average molecular weight is 443 g/mol. The summed E-state index contributed by atoms with van der Waals surface area (Å²) in [4.78, 5) is 28.1. The van der Waals surface area contributed by atoms with Crippen LogP contribution in [-0.4, -0.2) is 39.0 Å². The maximum Gasteiger partial charge on any atom is 0.278 e. The van der Waals surface area contributed by atoms with Crippen molar-refractivity contribution in [3.05, 3.63) is 100 Å². The van der Waals surface area contributed by atoms with E-state index in [1.54, 1.807) is 36.3 Å². The Morgan fingerprint density at radius 2 is 1.70 bits per heavy atom. The standard InChI is InChI=1S/C26H26N4O3/c1-19(16-21-12-6-9-15-24(21)33-2)29(17-20-10-4-3-5-11-20)25(31)18-30-26(32)22-13-7-8-14-23(22)27-28-30/h3-15,19H,16-18H2,1-2H3. The molecule has 1 atom stereocenters. The number of rotatable bonds is 8. The van der Waals surface area contributed by atoms with E-state index in [2.05, 4.69) is 10.3 Å². The van der Waals surface area contributed by atoms with Crippen molar-refractivity contribution in [2.75, 3.05) is 7.11 Å². The second-order valence-electron chi connectivity index (χ2n) is 7.94. The number of hydrogen-bond donors (Lipinski definition) is 0. The highest BCUT2D eigenvalue weighted by molar-refractivity contribution is 5.78. The van der Waals surface area contributed by atoms with Crippen LogP contribution in [-0.2, 0) is 24.3 Å². The van der Waals surface area contributed by atoms with Crippen LogP contribution < -0.4 is 10.3 Å². The largest absolute Gasteiger partial charge is 0.496 e. The van der Waals surface area contributed by atoms with Gasteiger partial charge in [0, 0.05) is 12.6 Å². The van der Waals surface area contributed by atoms with E-state index in [0.29, 0.717) is 23.9 Å². The van der Waals surface area contributed by atoms with Crippen LogP contribution in [0.1, 0.15) is 18.1 Å². The molecule has 0 aliphatic heterocycles. The highest BCUT2D eigenvalue weighted by atomic mass is 16.5. The van der Waals surface area contributed by atoms with Crippen LogP contribution in [0.5, 0.6) is 5.75 Å². The Morgan fingerprint density at radius 1 is 1.00 bits per heavy atom. The second-order valence-corrected chi connectivity index (χ2v) is 7.94. The average Bonchev–Trinajstić information content (AvgIpc) is 2.85. The molecule has 0 aliphatic carbocycles. The fourth-order valence-corrected chi connectivity index (χ4v) is 3.92. The molecule has 0 N–H and O–H groups in total. The Morgan fingerprint density at radius 3 is 2.48 bits per heavy atom. The molecule has 33 heavy (non-hydrogen) atoms. The first-order valence-corrected chi connectivity index (χ1v) is 10.8. The van der Waals surface area contributed by atoms with Gasteiger partial charge in [-0.15, -0.1) is 5.10 Å². The molecule has 1 heterocycles. The fourth-order valence-electron chi connectivity index (χ4n) is 3.92. The lowest BCUT2D eigenvalue weighted by Crippen LogP contribution is -2.43. The van der Waals surface area contributed by atoms with E-state index in [4.69, 9.17) is 4.74 Å².